The lowest BCUT2D eigenvalue weighted by Gasteiger charge is -2.36. The Morgan fingerprint density at radius 2 is 1.33 bits per heavy atom. The summed E-state index contributed by atoms with van der Waals surface area (Å²) in [5, 5.41) is 2.95. The van der Waals surface area contributed by atoms with Gasteiger partial charge in [0.25, 0.3) is 5.91 Å². The van der Waals surface area contributed by atoms with Gasteiger partial charge in [0.2, 0.25) is 5.91 Å². The van der Waals surface area contributed by atoms with Crippen LogP contribution in [0.25, 0.3) is 0 Å². The van der Waals surface area contributed by atoms with E-state index < -0.39 is 0 Å². The molecule has 1 heterocycles. The van der Waals surface area contributed by atoms with E-state index in [0.29, 0.717) is 19.5 Å². The topological polar surface area (TPSA) is 52.7 Å². The van der Waals surface area contributed by atoms with Gasteiger partial charge in [-0.1, -0.05) is 48.5 Å². The minimum atomic E-state index is -0.0259. The quantitative estimate of drug-likeness (QED) is 0.709. The van der Waals surface area contributed by atoms with Crippen molar-refractivity contribution in [1.29, 1.82) is 0 Å². The highest BCUT2D eigenvalue weighted by Gasteiger charge is 2.22. The number of carbonyl (C=O) groups excluding carboxylic acids is 2. The third-order valence-corrected chi connectivity index (χ3v) is 5.31. The van der Waals surface area contributed by atoms with E-state index in [9.17, 15) is 9.59 Å². The Morgan fingerprint density at radius 3 is 1.97 bits per heavy atom. The fourth-order valence-electron chi connectivity index (χ4n) is 3.67. The molecule has 5 heteroatoms. The summed E-state index contributed by atoms with van der Waals surface area (Å²) in [5.41, 5.74) is 3.62. The van der Waals surface area contributed by atoms with Crippen LogP contribution in [0, 0.1) is 0 Å². The molecule has 0 bridgehead atoms. The molecule has 0 unspecified atom stereocenters. The van der Waals surface area contributed by atoms with Crippen LogP contribution in [0.4, 0.5) is 11.4 Å². The Kier molecular flexibility index (Phi) is 6.09. The minimum absolute atomic E-state index is 0.0259. The first-order valence-electron chi connectivity index (χ1n) is 10.2. The monoisotopic (exact) mass is 399 g/mol. The third kappa shape index (κ3) is 4.87. The van der Waals surface area contributed by atoms with Crippen molar-refractivity contribution in [1.82, 2.24) is 4.90 Å². The van der Waals surface area contributed by atoms with Gasteiger partial charge < -0.3 is 15.1 Å². The molecule has 3 aromatic rings. The van der Waals surface area contributed by atoms with Crippen molar-refractivity contribution >= 4 is 23.2 Å². The number of hydrogen-bond acceptors (Lipinski definition) is 3. The number of anilines is 2. The van der Waals surface area contributed by atoms with E-state index in [0.717, 1.165) is 35.6 Å². The number of amides is 2. The molecule has 0 aromatic heterocycles. The molecular formula is C25H25N3O2. The van der Waals surface area contributed by atoms with E-state index in [1.54, 1.807) is 0 Å². The summed E-state index contributed by atoms with van der Waals surface area (Å²) in [6.45, 7) is 2.98. The van der Waals surface area contributed by atoms with Crippen molar-refractivity contribution in [3.05, 3.63) is 96.1 Å². The molecule has 0 spiro atoms. The molecule has 1 fully saturated rings. The molecule has 0 saturated carbocycles. The summed E-state index contributed by atoms with van der Waals surface area (Å²) in [6.07, 6.45) is 0.361. The number of rotatable bonds is 5. The molecule has 1 aliphatic rings. The molecular weight excluding hydrogens is 374 g/mol. The highest BCUT2D eigenvalue weighted by atomic mass is 16.2. The van der Waals surface area contributed by atoms with Crippen LogP contribution in [-0.2, 0) is 11.2 Å². The van der Waals surface area contributed by atoms with Gasteiger partial charge in [0, 0.05) is 43.1 Å². The number of carbonyl (C=O) groups is 2. The van der Waals surface area contributed by atoms with Crippen LogP contribution < -0.4 is 10.2 Å². The molecule has 4 rings (SSSR count). The molecule has 1 saturated heterocycles. The van der Waals surface area contributed by atoms with E-state index >= 15 is 0 Å². The Balaban J connectivity index is 1.29. The largest absolute Gasteiger partial charge is 0.368 e. The van der Waals surface area contributed by atoms with E-state index in [-0.39, 0.29) is 11.8 Å². The fraction of sp³-hybridized carbons (Fsp3) is 0.200. The Hall–Kier alpha value is -3.60. The highest BCUT2D eigenvalue weighted by molar-refractivity contribution is 5.94. The van der Waals surface area contributed by atoms with Gasteiger partial charge in [-0.2, -0.15) is 0 Å². The minimum Gasteiger partial charge on any atom is -0.368 e. The van der Waals surface area contributed by atoms with Gasteiger partial charge in [-0.25, -0.2) is 0 Å². The molecule has 3 aromatic carbocycles. The molecule has 1 aliphatic heterocycles. The second kappa shape index (κ2) is 9.27. The van der Waals surface area contributed by atoms with Crippen LogP contribution in [0.3, 0.4) is 0 Å². The van der Waals surface area contributed by atoms with Crippen molar-refractivity contribution < 1.29 is 9.59 Å². The standard InChI is InChI=1S/C25H25N3O2/c29-24(19-20-7-3-1-4-8-20)26-22-11-13-23(14-12-22)27-15-17-28(18-16-27)25(30)21-9-5-2-6-10-21/h1-14H,15-19H2,(H,26,29). The summed E-state index contributed by atoms with van der Waals surface area (Å²) < 4.78 is 0. The second-order valence-electron chi connectivity index (χ2n) is 7.40. The molecule has 0 aliphatic carbocycles. The van der Waals surface area contributed by atoms with Crippen molar-refractivity contribution in [3.63, 3.8) is 0 Å². The number of nitrogens with one attached hydrogen (secondary N) is 1. The van der Waals surface area contributed by atoms with Gasteiger partial charge in [-0.05, 0) is 42.0 Å². The zero-order chi connectivity index (χ0) is 20.8. The second-order valence-corrected chi connectivity index (χ2v) is 7.40. The van der Waals surface area contributed by atoms with Crippen molar-refractivity contribution in [2.24, 2.45) is 0 Å². The first kappa shape index (κ1) is 19.7. The number of piperazine rings is 1. The summed E-state index contributed by atoms with van der Waals surface area (Å²) in [6, 6.07) is 27.0. The van der Waals surface area contributed by atoms with Gasteiger partial charge in [-0.15, -0.1) is 0 Å². The maximum atomic E-state index is 12.6. The van der Waals surface area contributed by atoms with Crippen LogP contribution in [-0.4, -0.2) is 42.9 Å². The first-order chi connectivity index (χ1) is 14.7. The third-order valence-electron chi connectivity index (χ3n) is 5.31. The summed E-state index contributed by atoms with van der Waals surface area (Å²) in [7, 11) is 0. The highest BCUT2D eigenvalue weighted by Crippen LogP contribution is 2.20. The molecule has 5 nitrogen and oxygen atoms in total. The number of benzene rings is 3. The lowest BCUT2D eigenvalue weighted by atomic mass is 10.1. The van der Waals surface area contributed by atoms with Crippen LogP contribution in [0.1, 0.15) is 15.9 Å². The molecule has 0 radical (unpaired) electrons. The van der Waals surface area contributed by atoms with E-state index in [2.05, 4.69) is 10.2 Å². The average molecular weight is 399 g/mol. The van der Waals surface area contributed by atoms with Gasteiger partial charge >= 0.3 is 0 Å². The van der Waals surface area contributed by atoms with Crippen molar-refractivity contribution in [2.45, 2.75) is 6.42 Å². The molecule has 2 amide bonds. The maximum Gasteiger partial charge on any atom is 0.253 e. The van der Waals surface area contributed by atoms with Crippen LogP contribution in [0.5, 0.6) is 0 Å². The average Bonchev–Trinajstić information content (AvgIpc) is 2.80. The van der Waals surface area contributed by atoms with Gasteiger partial charge in [0.05, 0.1) is 6.42 Å². The lowest BCUT2D eigenvalue weighted by molar-refractivity contribution is -0.115. The van der Waals surface area contributed by atoms with Crippen LogP contribution >= 0.6 is 0 Å². The van der Waals surface area contributed by atoms with Gasteiger partial charge in [-0.3, -0.25) is 9.59 Å². The van der Waals surface area contributed by atoms with E-state index in [1.165, 1.54) is 0 Å². The van der Waals surface area contributed by atoms with Crippen LogP contribution in [0.2, 0.25) is 0 Å². The zero-order valence-corrected chi connectivity index (χ0v) is 16.8. The molecule has 0 atom stereocenters. The Morgan fingerprint density at radius 1 is 0.733 bits per heavy atom. The Labute approximate surface area is 176 Å². The van der Waals surface area contributed by atoms with Crippen LogP contribution in [0.15, 0.2) is 84.9 Å². The number of nitrogens with zero attached hydrogens (tertiary/aromatic N) is 2. The van der Waals surface area contributed by atoms with Gasteiger partial charge in [0.15, 0.2) is 0 Å². The summed E-state index contributed by atoms with van der Waals surface area (Å²) in [4.78, 5) is 29.0. The van der Waals surface area contributed by atoms with Gasteiger partial charge in [0.1, 0.15) is 0 Å². The van der Waals surface area contributed by atoms with E-state index in [1.807, 2.05) is 89.8 Å². The number of hydrogen-bond donors (Lipinski definition) is 1. The predicted molar refractivity (Wildman–Crippen MR) is 120 cm³/mol. The summed E-state index contributed by atoms with van der Waals surface area (Å²) >= 11 is 0. The normalized spacial score (nSPS) is 13.7. The van der Waals surface area contributed by atoms with Crippen molar-refractivity contribution in [2.75, 3.05) is 36.4 Å². The SMILES string of the molecule is O=C(Cc1ccccc1)Nc1ccc(N2CCN(C(=O)c3ccccc3)CC2)cc1. The first-order valence-corrected chi connectivity index (χ1v) is 10.2. The molecule has 152 valence electrons. The fourth-order valence-corrected chi connectivity index (χ4v) is 3.67. The van der Waals surface area contributed by atoms with E-state index in [4.69, 9.17) is 0 Å². The molecule has 1 N–H and O–H groups in total. The van der Waals surface area contributed by atoms with Crippen molar-refractivity contribution in [3.8, 4) is 0 Å². The summed E-state index contributed by atoms with van der Waals surface area (Å²) in [5.74, 6) is 0.0636. The predicted octanol–water partition coefficient (Wildman–Crippen LogP) is 3.83. The zero-order valence-electron chi connectivity index (χ0n) is 16.8. The molecule has 30 heavy (non-hydrogen) atoms. The maximum absolute atomic E-state index is 12.6. The smallest absolute Gasteiger partial charge is 0.253 e. The Bertz CT molecular complexity index is 980. The lowest BCUT2D eigenvalue weighted by Crippen LogP contribution is -2.48.